The molecule has 7 nitrogen and oxygen atoms in total. The van der Waals surface area contributed by atoms with Crippen molar-refractivity contribution in [2.45, 2.75) is 38.9 Å². The molecule has 0 aromatic heterocycles. The Bertz CT molecular complexity index is 944. The molecule has 2 aromatic rings. The van der Waals surface area contributed by atoms with E-state index >= 15 is 0 Å². The fourth-order valence-electron chi connectivity index (χ4n) is 3.71. The lowest BCUT2D eigenvalue weighted by Gasteiger charge is -2.27. The van der Waals surface area contributed by atoms with Gasteiger partial charge < -0.3 is 24.1 Å². The Morgan fingerprint density at radius 1 is 1.16 bits per heavy atom. The van der Waals surface area contributed by atoms with E-state index in [1.54, 1.807) is 45.4 Å². The van der Waals surface area contributed by atoms with Crippen molar-refractivity contribution < 1.29 is 28.8 Å². The largest absolute Gasteiger partial charge is 0.493 e. The number of aliphatic carboxylic acids is 1. The first-order valence-electron chi connectivity index (χ1n) is 10.2. The maximum atomic E-state index is 11.8. The van der Waals surface area contributed by atoms with Gasteiger partial charge >= 0.3 is 5.97 Å². The summed E-state index contributed by atoms with van der Waals surface area (Å²) in [5.74, 6) is 0.950. The van der Waals surface area contributed by atoms with Crippen molar-refractivity contribution in [3.05, 3.63) is 48.0 Å². The monoisotopic (exact) mass is 425 g/mol. The van der Waals surface area contributed by atoms with Crippen LogP contribution in [0.2, 0.25) is 0 Å². The molecule has 0 bridgehead atoms. The normalized spacial score (nSPS) is 15.5. The number of nitriles is 1. The van der Waals surface area contributed by atoms with E-state index in [9.17, 15) is 15.2 Å². The average molecular weight is 425 g/mol. The summed E-state index contributed by atoms with van der Waals surface area (Å²) in [7, 11) is 3.10. The van der Waals surface area contributed by atoms with Gasteiger partial charge in [0.05, 0.1) is 26.2 Å². The Labute approximate surface area is 182 Å². The van der Waals surface area contributed by atoms with Crippen molar-refractivity contribution in [1.82, 2.24) is 0 Å². The highest BCUT2D eigenvalue weighted by Gasteiger charge is 2.42. The van der Waals surface area contributed by atoms with Crippen LogP contribution in [0.3, 0.4) is 0 Å². The molecule has 0 spiro atoms. The zero-order valence-corrected chi connectivity index (χ0v) is 18.0. The smallest absolute Gasteiger partial charge is 0.306 e. The summed E-state index contributed by atoms with van der Waals surface area (Å²) in [6.45, 7) is 1.79. The van der Waals surface area contributed by atoms with Gasteiger partial charge in [0.15, 0.2) is 23.0 Å². The number of carboxylic acids is 1. The van der Waals surface area contributed by atoms with Gasteiger partial charge in [-0.2, -0.15) is 5.26 Å². The lowest BCUT2D eigenvalue weighted by molar-refractivity contribution is -0.142. The van der Waals surface area contributed by atoms with Crippen LogP contribution in [0.25, 0.3) is 0 Å². The van der Waals surface area contributed by atoms with Gasteiger partial charge in [-0.1, -0.05) is 24.6 Å². The molecule has 2 atom stereocenters. The molecule has 0 amide bonds. The maximum Gasteiger partial charge on any atom is 0.306 e. The van der Waals surface area contributed by atoms with E-state index in [0.717, 1.165) is 5.56 Å². The third kappa shape index (κ3) is 5.02. The Balaban J connectivity index is 1.61. The predicted octanol–water partition coefficient (Wildman–Crippen LogP) is 4.44. The van der Waals surface area contributed by atoms with E-state index < -0.39 is 23.6 Å². The fourth-order valence-corrected chi connectivity index (χ4v) is 3.71. The quantitative estimate of drug-likeness (QED) is 0.601. The number of para-hydroxylation sites is 2. The third-order valence-corrected chi connectivity index (χ3v) is 5.62. The minimum absolute atomic E-state index is 0.362. The third-order valence-electron chi connectivity index (χ3n) is 5.62. The number of carbonyl (C=O) groups is 1. The van der Waals surface area contributed by atoms with E-state index in [2.05, 4.69) is 6.07 Å². The molecule has 164 valence electrons. The number of hydrogen-bond acceptors (Lipinski definition) is 6. The Hall–Kier alpha value is -3.40. The van der Waals surface area contributed by atoms with E-state index in [0.29, 0.717) is 48.7 Å². The first-order chi connectivity index (χ1) is 14.9. The number of carboxylic acid groups (broad SMARTS) is 1. The van der Waals surface area contributed by atoms with E-state index in [-0.39, 0.29) is 0 Å². The Morgan fingerprint density at radius 3 is 2.35 bits per heavy atom. The predicted molar refractivity (Wildman–Crippen MR) is 113 cm³/mol. The SMILES string of the molecule is COc1ccc(CC(CCCC(C)(C#N)C2Oc3ccccc3O2)C(=O)O)cc1OC. The summed E-state index contributed by atoms with van der Waals surface area (Å²) >= 11 is 0. The second kappa shape index (κ2) is 9.61. The first kappa shape index (κ1) is 22.3. The van der Waals surface area contributed by atoms with Gasteiger partial charge in [0.2, 0.25) is 0 Å². The zero-order chi connectivity index (χ0) is 22.4. The van der Waals surface area contributed by atoms with Crippen molar-refractivity contribution in [3.8, 4) is 29.1 Å². The summed E-state index contributed by atoms with van der Waals surface area (Å²) in [5, 5.41) is 19.5. The van der Waals surface area contributed by atoms with Crippen molar-refractivity contribution in [2.24, 2.45) is 11.3 Å². The second-order valence-electron chi connectivity index (χ2n) is 7.86. The Morgan fingerprint density at radius 2 is 1.81 bits per heavy atom. The lowest BCUT2D eigenvalue weighted by Crippen LogP contribution is -2.37. The van der Waals surface area contributed by atoms with Crippen LogP contribution in [0.15, 0.2) is 42.5 Å². The van der Waals surface area contributed by atoms with Crippen molar-refractivity contribution in [2.75, 3.05) is 14.2 Å². The molecule has 7 heteroatoms. The highest BCUT2D eigenvalue weighted by atomic mass is 16.7. The van der Waals surface area contributed by atoms with E-state index in [1.807, 2.05) is 18.2 Å². The van der Waals surface area contributed by atoms with Crippen LogP contribution in [0.4, 0.5) is 0 Å². The number of rotatable bonds is 10. The standard InChI is InChI=1S/C24H27NO6/c1-24(15-25,23-30-19-8-4-5-9-20(19)31-23)12-6-7-17(22(26)27)13-16-10-11-18(28-2)21(14-16)29-3/h4-5,8-11,14,17,23H,6-7,12-13H2,1-3H3,(H,26,27). The molecule has 0 saturated carbocycles. The molecule has 2 aromatic carbocycles. The van der Waals surface area contributed by atoms with Crippen LogP contribution in [-0.4, -0.2) is 31.6 Å². The van der Waals surface area contributed by atoms with Gasteiger partial charge in [0, 0.05) is 0 Å². The van der Waals surface area contributed by atoms with E-state index in [1.165, 1.54) is 0 Å². The van der Waals surface area contributed by atoms with Crippen LogP contribution < -0.4 is 18.9 Å². The number of nitrogens with zero attached hydrogens (tertiary/aromatic N) is 1. The zero-order valence-electron chi connectivity index (χ0n) is 18.0. The van der Waals surface area contributed by atoms with Crippen LogP contribution in [0.5, 0.6) is 23.0 Å². The van der Waals surface area contributed by atoms with Gasteiger partial charge in [-0.05, 0) is 56.0 Å². The van der Waals surface area contributed by atoms with Gasteiger partial charge in [-0.3, -0.25) is 4.79 Å². The molecule has 1 N–H and O–H groups in total. The van der Waals surface area contributed by atoms with Crippen molar-refractivity contribution in [1.29, 1.82) is 5.26 Å². The van der Waals surface area contributed by atoms with Crippen LogP contribution >= 0.6 is 0 Å². The summed E-state index contributed by atoms with van der Waals surface area (Å²) in [6.07, 6.45) is 1.08. The molecule has 3 rings (SSSR count). The van der Waals surface area contributed by atoms with E-state index in [4.69, 9.17) is 18.9 Å². The molecule has 2 unspecified atom stereocenters. The van der Waals surface area contributed by atoms with Crippen LogP contribution in [-0.2, 0) is 11.2 Å². The molecule has 1 aliphatic heterocycles. The Kier molecular flexibility index (Phi) is 6.91. The topological polar surface area (TPSA) is 98.0 Å². The molecule has 1 aliphatic rings. The molecular weight excluding hydrogens is 398 g/mol. The summed E-state index contributed by atoms with van der Waals surface area (Å²) in [6, 6.07) is 15.0. The molecule has 31 heavy (non-hydrogen) atoms. The molecular formula is C24H27NO6. The van der Waals surface area contributed by atoms with Gasteiger partial charge in [-0.25, -0.2) is 0 Å². The lowest BCUT2D eigenvalue weighted by atomic mass is 9.83. The fraction of sp³-hybridized carbons (Fsp3) is 0.417. The van der Waals surface area contributed by atoms with Crippen LogP contribution in [0, 0.1) is 22.7 Å². The average Bonchev–Trinajstić information content (AvgIpc) is 3.23. The van der Waals surface area contributed by atoms with Crippen molar-refractivity contribution in [3.63, 3.8) is 0 Å². The summed E-state index contributed by atoms with van der Waals surface area (Å²) in [5.41, 5.74) is -0.0446. The highest BCUT2D eigenvalue weighted by Crippen LogP contribution is 2.42. The number of ether oxygens (including phenoxy) is 4. The van der Waals surface area contributed by atoms with Gasteiger partial charge in [0.1, 0.15) is 5.41 Å². The summed E-state index contributed by atoms with van der Waals surface area (Å²) in [4.78, 5) is 11.8. The first-order valence-corrected chi connectivity index (χ1v) is 10.2. The van der Waals surface area contributed by atoms with Crippen molar-refractivity contribution >= 4 is 5.97 Å². The summed E-state index contributed by atoms with van der Waals surface area (Å²) < 4.78 is 22.2. The van der Waals surface area contributed by atoms with Crippen LogP contribution in [0.1, 0.15) is 31.7 Å². The number of fused-ring (bicyclic) bond motifs is 1. The molecule has 0 saturated heterocycles. The number of hydrogen-bond donors (Lipinski definition) is 1. The molecule has 1 heterocycles. The minimum atomic E-state index is -0.897. The molecule has 0 aliphatic carbocycles. The highest BCUT2D eigenvalue weighted by molar-refractivity contribution is 5.70. The molecule has 0 radical (unpaired) electrons. The van der Waals surface area contributed by atoms with Gasteiger partial charge in [0.25, 0.3) is 6.29 Å². The minimum Gasteiger partial charge on any atom is -0.493 e. The molecule has 0 fully saturated rings. The number of benzene rings is 2. The maximum absolute atomic E-state index is 11.8. The second-order valence-corrected chi connectivity index (χ2v) is 7.86. The van der Waals surface area contributed by atoms with Gasteiger partial charge in [-0.15, -0.1) is 0 Å². The number of methoxy groups -OCH3 is 2.